The first-order valence-electron chi connectivity index (χ1n) is 12.6. The van der Waals surface area contributed by atoms with E-state index in [0.717, 1.165) is 37.9 Å². The van der Waals surface area contributed by atoms with Gasteiger partial charge in [-0.25, -0.2) is 8.42 Å². The smallest absolute Gasteiger partial charge is 0.295 e. The number of likely N-dealkylation sites (N-methyl/N-ethyl adjacent to an activating group) is 1. The molecule has 2 aliphatic rings. The summed E-state index contributed by atoms with van der Waals surface area (Å²) in [5.41, 5.74) is 2.88. The zero-order valence-corrected chi connectivity index (χ0v) is 24.1. The second-order valence-corrected chi connectivity index (χ2v) is 13.1. The molecule has 0 bridgehead atoms. The predicted octanol–water partition coefficient (Wildman–Crippen LogP) is 3.65. The van der Waals surface area contributed by atoms with E-state index in [2.05, 4.69) is 32.6 Å². The van der Waals surface area contributed by atoms with Crippen LogP contribution in [0, 0.1) is 0 Å². The standard InChI is InChI=1S/C27H31ClN2O6S2/c1-5-29(6-2)18-9-12-21-24(15-18)36-25-16-19(30(7-3)8-4)10-13-22(25)27(21)23-14-11-20(37(28,31)32)17-26(23)38(33,34)35/h9-18H,5-8H2,1-4H3,(H,33,34,35)/p+1. The highest BCUT2D eigenvalue weighted by atomic mass is 35.7. The fourth-order valence-corrected chi connectivity index (χ4v) is 6.65. The highest BCUT2D eigenvalue weighted by Gasteiger charge is 2.33. The van der Waals surface area contributed by atoms with Crippen LogP contribution in [-0.2, 0) is 19.2 Å². The third-order valence-electron chi connectivity index (χ3n) is 7.08. The van der Waals surface area contributed by atoms with Crippen molar-refractivity contribution in [1.82, 2.24) is 0 Å². The first kappa shape index (κ1) is 28.4. The van der Waals surface area contributed by atoms with Gasteiger partial charge in [0.2, 0.25) is 0 Å². The lowest BCUT2D eigenvalue weighted by molar-refractivity contribution is -0.908. The molecule has 204 valence electrons. The highest BCUT2D eigenvalue weighted by molar-refractivity contribution is 8.13. The van der Waals surface area contributed by atoms with Crippen LogP contribution in [-0.4, -0.2) is 53.6 Å². The second-order valence-electron chi connectivity index (χ2n) is 9.10. The van der Waals surface area contributed by atoms with Crippen LogP contribution in [0.5, 0.6) is 5.75 Å². The Morgan fingerprint density at radius 2 is 1.63 bits per heavy atom. The zero-order valence-electron chi connectivity index (χ0n) is 21.7. The summed E-state index contributed by atoms with van der Waals surface area (Å²) in [5, 5.41) is 0. The molecule has 4 rings (SSSR count). The van der Waals surface area contributed by atoms with Crippen LogP contribution in [0.15, 0.2) is 75.7 Å². The summed E-state index contributed by atoms with van der Waals surface area (Å²) < 4.78 is 65.5. The van der Waals surface area contributed by atoms with E-state index in [0.29, 0.717) is 28.2 Å². The van der Waals surface area contributed by atoms with Crippen molar-refractivity contribution in [3.8, 4) is 5.75 Å². The Labute approximate surface area is 229 Å². The summed E-state index contributed by atoms with van der Waals surface area (Å²) in [4.78, 5) is 2.53. The van der Waals surface area contributed by atoms with Gasteiger partial charge in [-0.3, -0.25) is 4.55 Å². The maximum atomic E-state index is 12.5. The van der Waals surface area contributed by atoms with Crippen LogP contribution in [0.1, 0.15) is 38.8 Å². The molecule has 0 radical (unpaired) electrons. The molecule has 0 saturated carbocycles. The Kier molecular flexibility index (Phi) is 8.11. The van der Waals surface area contributed by atoms with Crippen LogP contribution >= 0.6 is 10.7 Å². The van der Waals surface area contributed by atoms with Crippen LogP contribution < -0.4 is 14.5 Å². The van der Waals surface area contributed by atoms with Crippen LogP contribution in [0.25, 0.3) is 5.57 Å². The summed E-state index contributed by atoms with van der Waals surface area (Å²) in [7, 11) is -3.57. The SMILES string of the molecule is CCN(CC)c1ccc2c(c1)OC1=CC([NH+](CC)CC)C=CC1=C2c1ccc(S(=O)(=O)Cl)cc1S(=O)(=O)O. The van der Waals surface area contributed by atoms with E-state index in [9.17, 15) is 21.4 Å². The van der Waals surface area contributed by atoms with E-state index in [1.165, 1.54) is 17.0 Å². The molecule has 0 fully saturated rings. The Bertz CT molecular complexity index is 1550. The average molecular weight is 580 g/mol. The summed E-state index contributed by atoms with van der Waals surface area (Å²) in [5.74, 6) is 1.12. The molecule has 0 aromatic heterocycles. The molecule has 1 unspecified atom stereocenters. The number of benzene rings is 2. The largest absolute Gasteiger partial charge is 0.456 e. The lowest BCUT2D eigenvalue weighted by atomic mass is 9.86. The molecule has 1 aliphatic heterocycles. The number of anilines is 1. The summed E-state index contributed by atoms with van der Waals surface area (Å²) in [6.07, 6.45) is 5.97. The van der Waals surface area contributed by atoms with Crippen LogP contribution in [0.3, 0.4) is 0 Å². The van der Waals surface area contributed by atoms with Gasteiger partial charge >= 0.3 is 0 Å². The molecule has 1 atom stereocenters. The van der Waals surface area contributed by atoms with Crippen molar-refractivity contribution in [3.05, 3.63) is 77.1 Å². The van der Waals surface area contributed by atoms with Crippen molar-refractivity contribution in [2.45, 2.75) is 43.5 Å². The van der Waals surface area contributed by atoms with Gasteiger partial charge in [0.15, 0.2) is 0 Å². The minimum Gasteiger partial charge on any atom is -0.456 e. The van der Waals surface area contributed by atoms with Gasteiger partial charge in [0.25, 0.3) is 19.2 Å². The number of hydrogen-bond acceptors (Lipinski definition) is 6. The second kappa shape index (κ2) is 10.9. The van der Waals surface area contributed by atoms with Crippen LogP contribution in [0.2, 0.25) is 0 Å². The molecule has 2 aromatic carbocycles. The summed E-state index contributed by atoms with van der Waals surface area (Å²) in [6, 6.07) is 9.25. The lowest BCUT2D eigenvalue weighted by Gasteiger charge is -2.31. The van der Waals surface area contributed by atoms with Gasteiger partial charge < -0.3 is 14.5 Å². The van der Waals surface area contributed by atoms with Gasteiger partial charge in [-0.1, -0.05) is 6.07 Å². The summed E-state index contributed by atoms with van der Waals surface area (Å²) in [6.45, 7) is 11.7. The van der Waals surface area contributed by atoms with Gasteiger partial charge in [0, 0.05) is 63.9 Å². The average Bonchev–Trinajstić information content (AvgIpc) is 2.87. The molecular weight excluding hydrogens is 548 g/mol. The van der Waals surface area contributed by atoms with Gasteiger partial charge in [-0.15, -0.1) is 0 Å². The first-order valence-corrected chi connectivity index (χ1v) is 16.3. The van der Waals surface area contributed by atoms with Crippen molar-refractivity contribution in [1.29, 1.82) is 0 Å². The molecular formula is C27H32ClN2O6S2+. The van der Waals surface area contributed by atoms with E-state index in [4.69, 9.17) is 15.4 Å². The fraction of sp³-hybridized carbons (Fsp3) is 0.333. The lowest BCUT2D eigenvalue weighted by Crippen LogP contribution is -3.14. The Morgan fingerprint density at radius 1 is 0.974 bits per heavy atom. The monoisotopic (exact) mass is 579 g/mol. The molecule has 11 heteroatoms. The van der Waals surface area contributed by atoms with Crippen molar-refractivity contribution in [2.75, 3.05) is 31.1 Å². The predicted molar refractivity (Wildman–Crippen MR) is 149 cm³/mol. The molecule has 2 N–H and O–H groups in total. The normalized spacial score (nSPS) is 17.1. The molecule has 8 nitrogen and oxygen atoms in total. The van der Waals surface area contributed by atoms with Gasteiger partial charge in [0.05, 0.1) is 18.0 Å². The number of halogens is 1. The Hall–Kier alpha value is -2.63. The Morgan fingerprint density at radius 3 is 2.21 bits per heavy atom. The maximum absolute atomic E-state index is 12.5. The molecule has 0 saturated heterocycles. The van der Waals surface area contributed by atoms with E-state index in [1.54, 1.807) is 0 Å². The van der Waals surface area contributed by atoms with E-state index in [-0.39, 0.29) is 11.6 Å². The third-order valence-corrected chi connectivity index (χ3v) is 9.33. The van der Waals surface area contributed by atoms with Crippen LogP contribution in [0.4, 0.5) is 5.69 Å². The number of rotatable bonds is 9. The van der Waals surface area contributed by atoms with Crippen molar-refractivity contribution >= 4 is 41.1 Å². The van der Waals surface area contributed by atoms with Gasteiger partial charge in [-0.2, -0.15) is 8.42 Å². The molecule has 38 heavy (non-hydrogen) atoms. The topological polar surface area (TPSA) is 105 Å². The highest BCUT2D eigenvalue weighted by Crippen LogP contribution is 2.46. The maximum Gasteiger partial charge on any atom is 0.295 e. The minimum atomic E-state index is -4.82. The van der Waals surface area contributed by atoms with Gasteiger partial charge in [0.1, 0.15) is 22.4 Å². The van der Waals surface area contributed by atoms with E-state index < -0.39 is 29.0 Å². The molecule has 1 aliphatic carbocycles. The van der Waals surface area contributed by atoms with Crippen molar-refractivity contribution in [3.63, 3.8) is 0 Å². The molecule has 0 spiro atoms. The first-order chi connectivity index (χ1) is 17.9. The molecule has 0 amide bonds. The number of hydrogen-bond donors (Lipinski definition) is 2. The van der Waals surface area contributed by atoms with E-state index >= 15 is 0 Å². The number of ether oxygens (including phenoxy) is 1. The van der Waals surface area contributed by atoms with Crippen molar-refractivity contribution < 1.29 is 31.0 Å². The van der Waals surface area contributed by atoms with E-state index in [1.807, 2.05) is 36.4 Å². The Balaban J connectivity index is 2.03. The molecule has 2 aromatic rings. The van der Waals surface area contributed by atoms with Gasteiger partial charge in [-0.05, 0) is 64.1 Å². The fourth-order valence-electron chi connectivity index (χ4n) is 5.08. The van der Waals surface area contributed by atoms with Crippen molar-refractivity contribution in [2.24, 2.45) is 0 Å². The number of quaternary nitrogens is 1. The number of nitrogens with one attached hydrogen (secondary N) is 1. The number of allylic oxidation sites excluding steroid dienone is 1. The summed E-state index contributed by atoms with van der Waals surface area (Å²) >= 11 is 0. The minimum absolute atomic E-state index is 0.0577. The zero-order chi connectivity index (χ0) is 27.8. The molecule has 1 heterocycles. The third kappa shape index (κ3) is 5.41. The quantitative estimate of drug-likeness (QED) is 0.345. The number of nitrogens with zero attached hydrogens (tertiary/aromatic N) is 1. The number of fused-ring (bicyclic) bond motifs is 2.